The second kappa shape index (κ2) is 4.35. The van der Waals surface area contributed by atoms with Crippen molar-refractivity contribution in [1.29, 1.82) is 0 Å². The van der Waals surface area contributed by atoms with Gasteiger partial charge in [-0.05, 0) is 18.6 Å². The molecule has 1 amide bonds. The highest BCUT2D eigenvalue weighted by Crippen LogP contribution is 2.33. The van der Waals surface area contributed by atoms with Gasteiger partial charge in [0.25, 0.3) is 5.91 Å². The zero-order valence-corrected chi connectivity index (χ0v) is 10.9. The van der Waals surface area contributed by atoms with Gasteiger partial charge in [0.05, 0.1) is 5.69 Å². The Hall–Kier alpha value is -1.59. The molecule has 0 radical (unpaired) electrons. The number of rotatable bonds is 2. The van der Waals surface area contributed by atoms with Gasteiger partial charge in [-0.15, -0.1) is 11.3 Å². The lowest BCUT2D eigenvalue weighted by Gasteiger charge is -2.10. The summed E-state index contributed by atoms with van der Waals surface area (Å²) in [7, 11) is 3.54. The van der Waals surface area contributed by atoms with Crippen LogP contribution in [0.1, 0.15) is 15.2 Å². The first-order valence-corrected chi connectivity index (χ1v) is 6.07. The van der Waals surface area contributed by atoms with Crippen LogP contribution in [-0.2, 0) is 0 Å². The molecule has 0 aliphatic rings. The fourth-order valence-electron chi connectivity index (χ4n) is 1.65. The number of benzene rings is 1. The Morgan fingerprint density at radius 1 is 1.41 bits per heavy atom. The summed E-state index contributed by atoms with van der Waals surface area (Å²) >= 11 is 1.42. The summed E-state index contributed by atoms with van der Waals surface area (Å²) < 4.78 is 1.05. The Balaban J connectivity index is 2.48. The maximum atomic E-state index is 11.9. The number of nitrogens with two attached hydrogens (primary N) is 1. The minimum atomic E-state index is -0.161. The molecule has 5 heteroatoms. The minimum absolute atomic E-state index is 0.161. The average molecular weight is 249 g/mol. The molecule has 0 fully saturated rings. The molecule has 0 aliphatic carbocycles. The van der Waals surface area contributed by atoms with Crippen molar-refractivity contribution in [2.75, 3.05) is 19.8 Å². The molecule has 2 aromatic rings. The number of nitrogen functional groups attached to an aromatic ring is 1. The number of nitrogens with one attached hydrogen (secondary N) is 1. The number of aryl methyl sites for hydroxylation is 1. The molecule has 3 N–H and O–H groups in total. The quantitative estimate of drug-likeness (QED) is 0.800. The van der Waals surface area contributed by atoms with Crippen LogP contribution in [0.2, 0.25) is 0 Å². The zero-order valence-electron chi connectivity index (χ0n) is 10.1. The first-order valence-electron chi connectivity index (χ1n) is 5.26. The van der Waals surface area contributed by atoms with Gasteiger partial charge in [0.2, 0.25) is 0 Å². The monoisotopic (exact) mass is 249 g/mol. The fraction of sp³-hybridized carbons (Fsp3) is 0.250. The van der Waals surface area contributed by atoms with Gasteiger partial charge in [-0.2, -0.15) is 0 Å². The number of hydrogen-bond acceptors (Lipinski definition) is 4. The highest BCUT2D eigenvalue weighted by Gasteiger charge is 2.16. The van der Waals surface area contributed by atoms with Crippen molar-refractivity contribution in [3.63, 3.8) is 0 Å². The van der Waals surface area contributed by atoms with E-state index in [2.05, 4.69) is 5.43 Å². The van der Waals surface area contributed by atoms with Crippen molar-refractivity contribution in [2.24, 2.45) is 0 Å². The first-order chi connectivity index (χ1) is 7.99. The third-order valence-electron chi connectivity index (χ3n) is 2.42. The van der Waals surface area contributed by atoms with E-state index in [4.69, 9.17) is 5.73 Å². The van der Waals surface area contributed by atoms with Crippen molar-refractivity contribution in [3.8, 4) is 0 Å². The Kier molecular flexibility index (Phi) is 3.04. The lowest BCUT2D eigenvalue weighted by Crippen LogP contribution is -2.35. The molecule has 4 nitrogen and oxygen atoms in total. The van der Waals surface area contributed by atoms with E-state index in [9.17, 15) is 4.79 Å². The second-order valence-electron chi connectivity index (χ2n) is 4.18. The van der Waals surface area contributed by atoms with Crippen LogP contribution in [0.25, 0.3) is 10.1 Å². The second-order valence-corrected chi connectivity index (χ2v) is 5.23. The van der Waals surface area contributed by atoms with Crippen molar-refractivity contribution < 1.29 is 4.79 Å². The Labute approximate surface area is 104 Å². The molecule has 0 spiro atoms. The molecule has 0 aliphatic heterocycles. The van der Waals surface area contributed by atoms with Gasteiger partial charge in [-0.1, -0.05) is 12.1 Å². The first kappa shape index (κ1) is 11.9. The average Bonchev–Trinajstić information content (AvgIpc) is 2.54. The van der Waals surface area contributed by atoms with Gasteiger partial charge in [0, 0.05) is 24.2 Å². The van der Waals surface area contributed by atoms with Crippen LogP contribution in [0.3, 0.4) is 0 Å². The maximum absolute atomic E-state index is 11.9. The van der Waals surface area contributed by atoms with Crippen molar-refractivity contribution in [3.05, 3.63) is 28.6 Å². The number of hydrazine groups is 1. The van der Waals surface area contributed by atoms with E-state index in [1.54, 1.807) is 19.1 Å². The number of carbonyl (C=O) groups is 1. The molecular weight excluding hydrogens is 234 g/mol. The van der Waals surface area contributed by atoms with E-state index >= 15 is 0 Å². The smallest absolute Gasteiger partial charge is 0.277 e. The molecule has 17 heavy (non-hydrogen) atoms. The van der Waals surface area contributed by atoms with Gasteiger partial charge >= 0.3 is 0 Å². The lowest BCUT2D eigenvalue weighted by atomic mass is 10.1. The van der Waals surface area contributed by atoms with E-state index in [0.717, 1.165) is 10.1 Å². The number of hydrogen-bond donors (Lipinski definition) is 2. The maximum Gasteiger partial charge on any atom is 0.277 e. The lowest BCUT2D eigenvalue weighted by molar-refractivity contribution is 0.0862. The predicted molar refractivity (Wildman–Crippen MR) is 72.1 cm³/mol. The third kappa shape index (κ3) is 2.25. The Morgan fingerprint density at radius 2 is 2.12 bits per heavy atom. The molecule has 0 atom stereocenters. The third-order valence-corrected chi connectivity index (χ3v) is 3.58. The van der Waals surface area contributed by atoms with Crippen LogP contribution in [0.15, 0.2) is 18.2 Å². The van der Waals surface area contributed by atoms with Crippen LogP contribution in [0.5, 0.6) is 0 Å². The normalized spacial score (nSPS) is 11.1. The topological polar surface area (TPSA) is 58.4 Å². The molecule has 1 aromatic carbocycles. The largest absolute Gasteiger partial charge is 0.397 e. The molecular formula is C12H15N3OS. The Morgan fingerprint density at radius 3 is 2.76 bits per heavy atom. The standard InChI is InChI=1S/C12H15N3OS/c1-7-4-5-8-9(6-7)17-11(10(8)13)12(16)14-15(2)3/h4-6H,13H2,1-3H3,(H,14,16). The fourth-order valence-corrected chi connectivity index (χ4v) is 2.76. The molecule has 2 rings (SSSR count). The molecule has 90 valence electrons. The highest BCUT2D eigenvalue weighted by molar-refractivity contribution is 7.21. The number of thiophene rings is 1. The van der Waals surface area contributed by atoms with Gasteiger partial charge in [0.1, 0.15) is 4.88 Å². The van der Waals surface area contributed by atoms with Crippen LogP contribution in [0.4, 0.5) is 5.69 Å². The molecule has 1 aromatic heterocycles. The summed E-state index contributed by atoms with van der Waals surface area (Å²) in [6.07, 6.45) is 0. The number of carbonyl (C=O) groups excluding carboxylic acids is 1. The molecule has 0 saturated carbocycles. The van der Waals surface area contributed by atoms with E-state index < -0.39 is 0 Å². The highest BCUT2D eigenvalue weighted by atomic mass is 32.1. The van der Waals surface area contributed by atoms with Gasteiger partial charge in [0.15, 0.2) is 0 Å². The predicted octanol–water partition coefficient (Wildman–Crippen LogP) is 2.00. The van der Waals surface area contributed by atoms with Crippen LogP contribution in [0, 0.1) is 6.92 Å². The van der Waals surface area contributed by atoms with Crippen molar-refractivity contribution >= 4 is 33.0 Å². The van der Waals surface area contributed by atoms with Crippen molar-refractivity contribution in [1.82, 2.24) is 10.4 Å². The zero-order chi connectivity index (χ0) is 12.6. The van der Waals surface area contributed by atoms with Crippen molar-refractivity contribution in [2.45, 2.75) is 6.92 Å². The molecule has 0 unspecified atom stereocenters. The Bertz CT molecular complexity index is 574. The number of amides is 1. The van der Waals surface area contributed by atoms with Gasteiger partial charge in [-0.3, -0.25) is 10.2 Å². The summed E-state index contributed by atoms with van der Waals surface area (Å²) in [5.41, 5.74) is 10.4. The van der Waals surface area contributed by atoms with Gasteiger partial charge in [-0.25, -0.2) is 5.01 Å². The van der Waals surface area contributed by atoms with E-state index in [0.29, 0.717) is 10.6 Å². The summed E-state index contributed by atoms with van der Waals surface area (Å²) in [5, 5.41) is 2.56. The number of anilines is 1. The molecule has 0 saturated heterocycles. The molecule has 0 bridgehead atoms. The van der Waals surface area contributed by atoms with Crippen LogP contribution >= 0.6 is 11.3 Å². The number of nitrogens with zero attached hydrogens (tertiary/aromatic N) is 1. The van der Waals surface area contributed by atoms with Crippen LogP contribution in [-0.4, -0.2) is 25.0 Å². The molecule has 1 heterocycles. The van der Waals surface area contributed by atoms with Gasteiger partial charge < -0.3 is 5.73 Å². The van der Waals surface area contributed by atoms with Crippen LogP contribution < -0.4 is 11.2 Å². The summed E-state index contributed by atoms with van der Waals surface area (Å²) in [6.45, 7) is 2.02. The van der Waals surface area contributed by atoms with E-state index in [1.807, 2.05) is 25.1 Å². The van der Waals surface area contributed by atoms with E-state index in [-0.39, 0.29) is 5.91 Å². The summed E-state index contributed by atoms with van der Waals surface area (Å²) in [6, 6.07) is 6.00. The summed E-state index contributed by atoms with van der Waals surface area (Å²) in [5.74, 6) is -0.161. The number of fused-ring (bicyclic) bond motifs is 1. The summed E-state index contributed by atoms with van der Waals surface area (Å²) in [4.78, 5) is 12.5. The minimum Gasteiger partial charge on any atom is -0.397 e. The van der Waals surface area contributed by atoms with E-state index in [1.165, 1.54) is 16.9 Å². The SMILES string of the molecule is Cc1ccc2c(N)c(C(=O)NN(C)C)sc2c1.